The molecule has 1 atom stereocenters. The lowest BCUT2D eigenvalue weighted by molar-refractivity contribution is -0.151. The molecule has 0 aromatic heterocycles. The number of methoxy groups -OCH3 is 1. The second-order valence-electron chi connectivity index (χ2n) is 6.05. The molecule has 1 saturated carbocycles. The number of hydrogen-bond donors (Lipinski definition) is 1. The van der Waals surface area contributed by atoms with Crippen molar-refractivity contribution in [2.75, 3.05) is 27.2 Å². The van der Waals surface area contributed by atoms with Crippen molar-refractivity contribution in [3.8, 4) is 0 Å². The second-order valence-corrected chi connectivity index (χ2v) is 6.05. The van der Waals surface area contributed by atoms with Crippen molar-refractivity contribution >= 4 is 5.97 Å². The predicted molar refractivity (Wildman–Crippen MR) is 82.8 cm³/mol. The van der Waals surface area contributed by atoms with Crippen LogP contribution in [0.15, 0.2) is 0 Å². The topological polar surface area (TPSA) is 41.6 Å². The first-order valence-electron chi connectivity index (χ1n) is 8.09. The molecule has 0 heterocycles. The number of esters is 1. The van der Waals surface area contributed by atoms with Gasteiger partial charge in [-0.15, -0.1) is 0 Å². The number of ether oxygens (including phenoxy) is 1. The molecular formula is C16H32N2O2. The Bertz CT molecular complexity index is 301. The Balaban J connectivity index is 2.87. The fraction of sp³-hybridized carbons (Fsp3) is 0.938. The Morgan fingerprint density at radius 3 is 2.35 bits per heavy atom. The number of hydrogen-bond acceptors (Lipinski definition) is 4. The summed E-state index contributed by atoms with van der Waals surface area (Å²) in [6.07, 6.45) is 5.51. The molecule has 1 rings (SSSR count). The maximum Gasteiger partial charge on any atom is 0.327 e. The monoisotopic (exact) mass is 284 g/mol. The normalized spacial score (nSPS) is 18.4. The molecule has 4 heteroatoms. The zero-order valence-electron chi connectivity index (χ0n) is 13.9. The molecule has 118 valence electrons. The summed E-state index contributed by atoms with van der Waals surface area (Å²) in [4.78, 5) is 14.8. The van der Waals surface area contributed by atoms with Crippen molar-refractivity contribution in [1.29, 1.82) is 0 Å². The molecule has 0 saturated heterocycles. The van der Waals surface area contributed by atoms with Crippen LogP contribution >= 0.6 is 0 Å². The van der Waals surface area contributed by atoms with Gasteiger partial charge in [0.2, 0.25) is 0 Å². The minimum Gasteiger partial charge on any atom is -0.468 e. The van der Waals surface area contributed by atoms with Gasteiger partial charge in [0.25, 0.3) is 0 Å². The van der Waals surface area contributed by atoms with E-state index < -0.39 is 5.54 Å². The van der Waals surface area contributed by atoms with Crippen molar-refractivity contribution in [2.45, 2.75) is 64.5 Å². The minimum atomic E-state index is -0.512. The summed E-state index contributed by atoms with van der Waals surface area (Å²) < 4.78 is 5.13. The number of carbonyl (C=O) groups is 1. The fourth-order valence-electron chi connectivity index (χ4n) is 3.17. The summed E-state index contributed by atoms with van der Waals surface area (Å²) in [6.45, 7) is 8.16. The molecule has 20 heavy (non-hydrogen) atoms. The van der Waals surface area contributed by atoms with Crippen LogP contribution in [-0.2, 0) is 9.53 Å². The zero-order chi connectivity index (χ0) is 15.2. The van der Waals surface area contributed by atoms with E-state index in [9.17, 15) is 4.79 Å². The smallest absolute Gasteiger partial charge is 0.327 e. The van der Waals surface area contributed by atoms with Crippen molar-refractivity contribution in [1.82, 2.24) is 10.2 Å². The summed E-state index contributed by atoms with van der Waals surface area (Å²) in [6, 6.07) is 0.529. The highest BCUT2D eigenvalue weighted by atomic mass is 16.5. The van der Waals surface area contributed by atoms with Gasteiger partial charge in [0.1, 0.15) is 5.54 Å². The maximum absolute atomic E-state index is 12.4. The summed E-state index contributed by atoms with van der Waals surface area (Å²) >= 11 is 0. The van der Waals surface area contributed by atoms with E-state index in [4.69, 9.17) is 4.74 Å². The lowest BCUT2D eigenvalue weighted by atomic mass is 9.91. The predicted octanol–water partition coefficient (Wildman–Crippen LogP) is 2.43. The van der Waals surface area contributed by atoms with Crippen LogP contribution in [0.4, 0.5) is 0 Å². The molecule has 0 amide bonds. The molecule has 1 fully saturated rings. The lowest BCUT2D eigenvalue weighted by Crippen LogP contribution is -2.61. The maximum atomic E-state index is 12.4. The molecule has 1 N–H and O–H groups in total. The fourth-order valence-corrected chi connectivity index (χ4v) is 3.17. The highest BCUT2D eigenvalue weighted by Gasteiger charge is 2.52. The van der Waals surface area contributed by atoms with Crippen molar-refractivity contribution in [3.05, 3.63) is 0 Å². The van der Waals surface area contributed by atoms with Gasteiger partial charge in [-0.2, -0.15) is 0 Å². The Morgan fingerprint density at radius 2 is 1.95 bits per heavy atom. The molecule has 0 bridgehead atoms. The van der Waals surface area contributed by atoms with Crippen LogP contribution in [0.2, 0.25) is 0 Å². The molecule has 0 aliphatic heterocycles. The number of nitrogens with one attached hydrogen (secondary N) is 1. The van der Waals surface area contributed by atoms with Gasteiger partial charge in [0, 0.05) is 12.6 Å². The quantitative estimate of drug-likeness (QED) is 0.626. The molecule has 1 aliphatic rings. The third-order valence-corrected chi connectivity index (χ3v) is 4.58. The summed E-state index contributed by atoms with van der Waals surface area (Å²) in [5, 5.41) is 3.51. The summed E-state index contributed by atoms with van der Waals surface area (Å²) in [5.74, 6) is 0.338. The number of likely N-dealkylation sites (N-methyl/N-ethyl adjacent to an activating group) is 1. The van der Waals surface area contributed by atoms with Crippen LogP contribution in [0.3, 0.4) is 0 Å². The van der Waals surface area contributed by atoms with E-state index in [0.717, 1.165) is 45.2 Å². The van der Waals surface area contributed by atoms with Crippen LogP contribution in [0.5, 0.6) is 0 Å². The van der Waals surface area contributed by atoms with Crippen LogP contribution in [-0.4, -0.2) is 49.7 Å². The van der Waals surface area contributed by atoms with E-state index in [2.05, 4.69) is 38.0 Å². The first kappa shape index (κ1) is 17.4. The van der Waals surface area contributed by atoms with E-state index >= 15 is 0 Å². The van der Waals surface area contributed by atoms with Crippen LogP contribution in [0, 0.1) is 5.92 Å². The van der Waals surface area contributed by atoms with E-state index in [0.29, 0.717) is 12.0 Å². The Morgan fingerprint density at radius 1 is 1.35 bits per heavy atom. The minimum absolute atomic E-state index is 0.0914. The lowest BCUT2D eigenvalue weighted by Gasteiger charge is -2.38. The third kappa shape index (κ3) is 3.95. The first-order valence-corrected chi connectivity index (χ1v) is 8.09. The molecule has 0 spiro atoms. The summed E-state index contributed by atoms with van der Waals surface area (Å²) in [5.41, 5.74) is -0.512. The molecule has 1 unspecified atom stereocenters. The largest absolute Gasteiger partial charge is 0.468 e. The average Bonchev–Trinajstić information content (AvgIpc) is 3.28. The van der Waals surface area contributed by atoms with Gasteiger partial charge in [0.05, 0.1) is 7.11 Å². The van der Waals surface area contributed by atoms with Gasteiger partial charge < -0.3 is 15.0 Å². The van der Waals surface area contributed by atoms with Gasteiger partial charge >= 0.3 is 5.97 Å². The highest BCUT2D eigenvalue weighted by molar-refractivity contribution is 5.82. The zero-order valence-corrected chi connectivity index (χ0v) is 13.9. The molecule has 0 aromatic carbocycles. The molecular weight excluding hydrogens is 252 g/mol. The molecule has 0 radical (unpaired) electrons. The van der Waals surface area contributed by atoms with Crippen molar-refractivity contribution in [3.63, 3.8) is 0 Å². The van der Waals surface area contributed by atoms with Gasteiger partial charge in [0.15, 0.2) is 0 Å². The van der Waals surface area contributed by atoms with Crippen molar-refractivity contribution < 1.29 is 9.53 Å². The van der Waals surface area contributed by atoms with E-state index in [1.54, 1.807) is 0 Å². The Labute approximate surface area is 124 Å². The van der Waals surface area contributed by atoms with Crippen molar-refractivity contribution in [2.24, 2.45) is 5.92 Å². The third-order valence-electron chi connectivity index (χ3n) is 4.58. The van der Waals surface area contributed by atoms with E-state index in [1.807, 2.05) is 0 Å². The number of carbonyl (C=O) groups excluding carboxylic acids is 1. The van der Waals surface area contributed by atoms with Gasteiger partial charge in [-0.05, 0) is 51.6 Å². The van der Waals surface area contributed by atoms with Gasteiger partial charge in [-0.3, -0.25) is 0 Å². The van der Waals surface area contributed by atoms with Crippen LogP contribution in [0.25, 0.3) is 0 Å². The number of rotatable bonds is 10. The van der Waals surface area contributed by atoms with E-state index in [1.165, 1.54) is 7.11 Å². The SMILES string of the molecule is CCCNC(CN(C)C(CC)CC)(C(=O)OC)C1CC1. The Kier molecular flexibility index (Phi) is 6.96. The second kappa shape index (κ2) is 7.99. The first-order chi connectivity index (χ1) is 9.55. The van der Waals surface area contributed by atoms with Crippen LogP contribution < -0.4 is 5.32 Å². The molecule has 1 aliphatic carbocycles. The molecule has 0 aromatic rings. The Hall–Kier alpha value is -0.610. The highest BCUT2D eigenvalue weighted by Crippen LogP contribution is 2.41. The van der Waals surface area contributed by atoms with E-state index in [-0.39, 0.29) is 5.97 Å². The van der Waals surface area contributed by atoms with Gasteiger partial charge in [-0.1, -0.05) is 20.8 Å². The van der Waals surface area contributed by atoms with Gasteiger partial charge in [-0.25, -0.2) is 4.79 Å². The van der Waals surface area contributed by atoms with Crippen LogP contribution in [0.1, 0.15) is 52.9 Å². The molecule has 4 nitrogen and oxygen atoms in total. The average molecular weight is 284 g/mol. The number of nitrogens with zero attached hydrogens (tertiary/aromatic N) is 1. The summed E-state index contributed by atoms with van der Waals surface area (Å²) in [7, 11) is 3.63. The standard InChI is InChI=1S/C16H32N2O2/c1-6-11-17-16(13-9-10-13,15(19)20-5)12-18(4)14(7-2)8-3/h13-14,17H,6-12H2,1-5H3.